The average Bonchev–Trinajstić information content (AvgIpc) is 2.45. The van der Waals surface area contributed by atoms with Crippen molar-refractivity contribution in [2.24, 2.45) is 0 Å². The van der Waals surface area contributed by atoms with E-state index in [1.165, 1.54) is 6.07 Å². The second-order valence-corrected chi connectivity index (χ2v) is 4.12. The van der Waals surface area contributed by atoms with Gasteiger partial charge in [0.1, 0.15) is 18.2 Å². The highest BCUT2D eigenvalue weighted by Crippen LogP contribution is 2.20. The monoisotopic (exact) mass is 275 g/mol. The van der Waals surface area contributed by atoms with Crippen LogP contribution in [0.1, 0.15) is 15.9 Å². The van der Waals surface area contributed by atoms with Gasteiger partial charge < -0.3 is 15.2 Å². The fraction of sp³-hybridized carbons (Fsp3) is 0.133. The van der Waals surface area contributed by atoms with Crippen LogP contribution in [0.4, 0.5) is 10.1 Å². The van der Waals surface area contributed by atoms with E-state index in [0.717, 1.165) is 17.7 Å². The zero-order chi connectivity index (χ0) is 14.5. The highest BCUT2D eigenvalue weighted by atomic mass is 19.1. The quantitative estimate of drug-likeness (QED) is 0.688. The average molecular weight is 275 g/mol. The van der Waals surface area contributed by atoms with Gasteiger partial charge in [0.25, 0.3) is 0 Å². The maximum absolute atomic E-state index is 12.9. The Bertz CT molecular complexity index is 628. The van der Waals surface area contributed by atoms with E-state index in [-0.39, 0.29) is 17.9 Å². The van der Waals surface area contributed by atoms with Crippen LogP contribution in [0.3, 0.4) is 0 Å². The van der Waals surface area contributed by atoms with Crippen LogP contribution in [0, 0.1) is 5.82 Å². The minimum atomic E-state index is -0.603. The van der Waals surface area contributed by atoms with Crippen LogP contribution in [0.25, 0.3) is 0 Å². The Hall–Kier alpha value is -2.56. The molecule has 0 aromatic heterocycles. The third-order valence-corrected chi connectivity index (χ3v) is 2.78. The molecule has 2 rings (SSSR count). The van der Waals surface area contributed by atoms with Crippen molar-refractivity contribution < 1.29 is 18.7 Å². The van der Waals surface area contributed by atoms with Crippen LogP contribution in [0.5, 0.6) is 5.75 Å². The van der Waals surface area contributed by atoms with Crippen molar-refractivity contribution in [3.05, 3.63) is 59.4 Å². The molecule has 0 saturated heterocycles. The molecule has 0 aliphatic heterocycles. The number of carbonyl (C=O) groups is 1. The molecule has 2 aromatic rings. The number of nitrogen functional groups attached to an aromatic ring is 1. The van der Waals surface area contributed by atoms with Gasteiger partial charge in [-0.2, -0.15) is 0 Å². The van der Waals surface area contributed by atoms with Gasteiger partial charge in [-0.15, -0.1) is 0 Å². The number of anilines is 1. The standard InChI is InChI=1S/C15H14FNO3/c1-19-14-5-3-2-4-10(14)9-20-15(18)12-7-6-11(16)8-13(12)17/h2-8H,9,17H2,1H3. The summed E-state index contributed by atoms with van der Waals surface area (Å²) in [6.07, 6.45) is 0. The van der Waals surface area contributed by atoms with Crippen LogP contribution in [0.15, 0.2) is 42.5 Å². The molecule has 0 fully saturated rings. The molecule has 0 aliphatic rings. The molecule has 0 bridgehead atoms. The van der Waals surface area contributed by atoms with Crippen molar-refractivity contribution in [1.82, 2.24) is 0 Å². The lowest BCUT2D eigenvalue weighted by molar-refractivity contribution is 0.0471. The number of esters is 1. The zero-order valence-corrected chi connectivity index (χ0v) is 10.9. The number of carbonyl (C=O) groups excluding carboxylic acids is 1. The summed E-state index contributed by atoms with van der Waals surface area (Å²) in [7, 11) is 1.54. The molecule has 0 spiro atoms. The number of para-hydroxylation sites is 1. The van der Waals surface area contributed by atoms with E-state index < -0.39 is 11.8 Å². The molecule has 2 aromatic carbocycles. The van der Waals surface area contributed by atoms with Crippen LogP contribution >= 0.6 is 0 Å². The smallest absolute Gasteiger partial charge is 0.340 e. The van der Waals surface area contributed by atoms with Gasteiger partial charge >= 0.3 is 5.97 Å². The Kier molecular flexibility index (Phi) is 4.20. The van der Waals surface area contributed by atoms with Crippen molar-refractivity contribution in [2.45, 2.75) is 6.61 Å². The number of rotatable bonds is 4. The van der Waals surface area contributed by atoms with E-state index in [9.17, 15) is 9.18 Å². The summed E-state index contributed by atoms with van der Waals surface area (Å²) in [5.74, 6) is -0.468. The topological polar surface area (TPSA) is 61.5 Å². The Morgan fingerprint density at radius 3 is 2.70 bits per heavy atom. The second kappa shape index (κ2) is 6.06. The molecule has 20 heavy (non-hydrogen) atoms. The summed E-state index contributed by atoms with van der Waals surface area (Å²) in [6.45, 7) is 0.0552. The van der Waals surface area contributed by atoms with Crippen LogP contribution in [-0.4, -0.2) is 13.1 Å². The van der Waals surface area contributed by atoms with Crippen molar-refractivity contribution >= 4 is 11.7 Å². The zero-order valence-electron chi connectivity index (χ0n) is 10.9. The maximum atomic E-state index is 12.9. The molecule has 0 radical (unpaired) electrons. The Balaban J connectivity index is 2.09. The number of nitrogens with two attached hydrogens (primary N) is 1. The van der Waals surface area contributed by atoms with E-state index >= 15 is 0 Å². The summed E-state index contributed by atoms with van der Waals surface area (Å²) < 4.78 is 23.2. The number of ether oxygens (including phenoxy) is 2. The first-order valence-electron chi connectivity index (χ1n) is 5.96. The number of hydrogen-bond donors (Lipinski definition) is 1. The van der Waals surface area contributed by atoms with E-state index in [1.54, 1.807) is 19.2 Å². The van der Waals surface area contributed by atoms with Crippen LogP contribution in [0.2, 0.25) is 0 Å². The predicted molar refractivity (Wildman–Crippen MR) is 72.9 cm³/mol. The lowest BCUT2D eigenvalue weighted by Gasteiger charge is -2.10. The molecule has 0 heterocycles. The summed E-state index contributed by atoms with van der Waals surface area (Å²) in [4.78, 5) is 11.9. The first-order valence-corrected chi connectivity index (χ1v) is 5.96. The number of benzene rings is 2. The van der Waals surface area contributed by atoms with Gasteiger partial charge in [-0.05, 0) is 24.3 Å². The number of halogens is 1. The number of methoxy groups -OCH3 is 1. The van der Waals surface area contributed by atoms with Crippen molar-refractivity contribution in [1.29, 1.82) is 0 Å². The SMILES string of the molecule is COc1ccccc1COC(=O)c1ccc(F)cc1N. The first-order chi connectivity index (χ1) is 9.61. The molecule has 0 atom stereocenters. The molecular weight excluding hydrogens is 261 g/mol. The molecule has 2 N–H and O–H groups in total. The van der Waals surface area contributed by atoms with Gasteiger partial charge in [-0.25, -0.2) is 9.18 Å². The van der Waals surface area contributed by atoms with Crippen molar-refractivity contribution in [2.75, 3.05) is 12.8 Å². The van der Waals surface area contributed by atoms with Gasteiger partial charge in [0.15, 0.2) is 0 Å². The van der Waals surface area contributed by atoms with Crippen molar-refractivity contribution in [3.63, 3.8) is 0 Å². The molecule has 104 valence electrons. The molecule has 0 amide bonds. The molecular formula is C15H14FNO3. The fourth-order valence-electron chi connectivity index (χ4n) is 1.76. The molecule has 5 heteroatoms. The molecule has 4 nitrogen and oxygen atoms in total. The highest BCUT2D eigenvalue weighted by molar-refractivity contribution is 5.95. The lowest BCUT2D eigenvalue weighted by Crippen LogP contribution is -2.09. The van der Waals surface area contributed by atoms with E-state index in [1.807, 2.05) is 12.1 Å². The lowest BCUT2D eigenvalue weighted by atomic mass is 10.2. The van der Waals surface area contributed by atoms with Gasteiger partial charge in [0.2, 0.25) is 0 Å². The van der Waals surface area contributed by atoms with E-state index in [2.05, 4.69) is 0 Å². The third kappa shape index (κ3) is 3.06. The number of hydrogen-bond acceptors (Lipinski definition) is 4. The largest absolute Gasteiger partial charge is 0.496 e. The second-order valence-electron chi connectivity index (χ2n) is 4.12. The maximum Gasteiger partial charge on any atom is 0.340 e. The summed E-state index contributed by atoms with van der Waals surface area (Å²) >= 11 is 0. The normalized spacial score (nSPS) is 10.1. The van der Waals surface area contributed by atoms with Gasteiger partial charge in [-0.1, -0.05) is 18.2 Å². The Morgan fingerprint density at radius 1 is 1.25 bits per heavy atom. The molecule has 0 saturated carbocycles. The fourth-order valence-corrected chi connectivity index (χ4v) is 1.76. The van der Waals surface area contributed by atoms with E-state index in [4.69, 9.17) is 15.2 Å². The Morgan fingerprint density at radius 2 is 2.00 bits per heavy atom. The van der Waals surface area contributed by atoms with Crippen LogP contribution in [-0.2, 0) is 11.3 Å². The Labute approximate surface area is 115 Å². The molecule has 0 aliphatic carbocycles. The van der Waals surface area contributed by atoms with Gasteiger partial charge in [0, 0.05) is 11.3 Å². The van der Waals surface area contributed by atoms with Gasteiger partial charge in [-0.3, -0.25) is 0 Å². The summed E-state index contributed by atoms with van der Waals surface area (Å²) in [5, 5.41) is 0. The van der Waals surface area contributed by atoms with Crippen molar-refractivity contribution in [3.8, 4) is 5.75 Å². The van der Waals surface area contributed by atoms with Crippen LogP contribution < -0.4 is 10.5 Å². The minimum absolute atomic E-state index is 0.0510. The van der Waals surface area contributed by atoms with E-state index in [0.29, 0.717) is 5.75 Å². The predicted octanol–water partition coefficient (Wildman–Crippen LogP) is 2.77. The highest BCUT2D eigenvalue weighted by Gasteiger charge is 2.13. The first kappa shape index (κ1) is 13.9. The molecule has 0 unspecified atom stereocenters. The summed E-state index contributed by atoms with van der Waals surface area (Å²) in [6, 6.07) is 10.8. The third-order valence-electron chi connectivity index (χ3n) is 2.78. The van der Waals surface area contributed by atoms with Gasteiger partial charge in [0.05, 0.1) is 12.7 Å². The summed E-state index contributed by atoms with van der Waals surface area (Å²) in [5.41, 5.74) is 6.51. The minimum Gasteiger partial charge on any atom is -0.496 e.